The number of ether oxygens (including phenoxy) is 1. The number of carbonyl (C=O) groups excluding carboxylic acids is 1. The van der Waals surface area contributed by atoms with Gasteiger partial charge in [-0.3, -0.25) is 4.79 Å². The summed E-state index contributed by atoms with van der Waals surface area (Å²) in [6.45, 7) is 1.49. The highest BCUT2D eigenvalue weighted by Gasteiger charge is 2.24. The predicted octanol–water partition coefficient (Wildman–Crippen LogP) is 2.79. The standard InChI is InChI=1S/C17H23ClN2O4/c1-24-15-5-4-14(18)10-13(15)9-12-3-2-8-20(11-12)17(23)19-7-6-16(21)22/h4-5,10,12H,2-3,6-9,11H2,1H3,(H,19,23)(H,21,22). The van der Waals surface area contributed by atoms with Gasteiger partial charge in [-0.25, -0.2) is 4.79 Å². The van der Waals surface area contributed by atoms with Crippen molar-refractivity contribution in [2.75, 3.05) is 26.7 Å². The highest BCUT2D eigenvalue weighted by molar-refractivity contribution is 6.30. The van der Waals surface area contributed by atoms with Crippen LogP contribution in [0.1, 0.15) is 24.8 Å². The number of benzene rings is 1. The first-order valence-corrected chi connectivity index (χ1v) is 8.44. The molecule has 1 aliphatic rings. The van der Waals surface area contributed by atoms with E-state index in [2.05, 4.69) is 5.32 Å². The first-order chi connectivity index (χ1) is 11.5. The predicted molar refractivity (Wildman–Crippen MR) is 91.7 cm³/mol. The number of halogens is 1. The molecule has 7 heteroatoms. The van der Waals surface area contributed by atoms with Crippen molar-refractivity contribution >= 4 is 23.6 Å². The Labute approximate surface area is 146 Å². The van der Waals surface area contributed by atoms with E-state index in [1.807, 2.05) is 12.1 Å². The topological polar surface area (TPSA) is 78.9 Å². The summed E-state index contributed by atoms with van der Waals surface area (Å²) in [6.07, 6.45) is 2.69. The summed E-state index contributed by atoms with van der Waals surface area (Å²) in [7, 11) is 1.63. The van der Waals surface area contributed by atoms with E-state index in [1.54, 1.807) is 18.1 Å². The Hall–Kier alpha value is -1.95. The molecule has 1 fully saturated rings. The number of carboxylic acids is 1. The zero-order valence-corrected chi connectivity index (χ0v) is 14.5. The van der Waals surface area contributed by atoms with Gasteiger partial charge in [0.1, 0.15) is 5.75 Å². The van der Waals surface area contributed by atoms with Crippen molar-refractivity contribution in [2.24, 2.45) is 5.92 Å². The number of urea groups is 1. The molecule has 1 aromatic carbocycles. The van der Waals surface area contributed by atoms with Crippen LogP contribution >= 0.6 is 11.6 Å². The Morgan fingerprint density at radius 3 is 2.96 bits per heavy atom. The van der Waals surface area contributed by atoms with Crippen LogP contribution in [0, 0.1) is 5.92 Å². The molecule has 6 nitrogen and oxygen atoms in total. The highest BCUT2D eigenvalue weighted by Crippen LogP contribution is 2.28. The number of aliphatic carboxylic acids is 1. The number of rotatable bonds is 6. The molecule has 1 aromatic rings. The average molecular weight is 355 g/mol. The molecule has 1 saturated heterocycles. The van der Waals surface area contributed by atoms with Gasteiger partial charge in [0.15, 0.2) is 0 Å². The van der Waals surface area contributed by atoms with E-state index < -0.39 is 5.97 Å². The normalized spacial score (nSPS) is 17.4. The van der Waals surface area contributed by atoms with Crippen molar-refractivity contribution in [3.8, 4) is 5.75 Å². The first kappa shape index (κ1) is 18.4. The molecule has 2 N–H and O–H groups in total. The molecular formula is C17H23ClN2O4. The molecule has 0 aliphatic carbocycles. The number of nitrogens with zero attached hydrogens (tertiary/aromatic N) is 1. The summed E-state index contributed by atoms with van der Waals surface area (Å²) in [5, 5.41) is 12.0. The molecule has 132 valence electrons. The number of piperidine rings is 1. The van der Waals surface area contributed by atoms with E-state index in [4.69, 9.17) is 21.4 Å². The molecule has 0 aromatic heterocycles. The van der Waals surface area contributed by atoms with Crippen molar-refractivity contribution in [1.82, 2.24) is 10.2 Å². The summed E-state index contributed by atoms with van der Waals surface area (Å²) < 4.78 is 5.38. The zero-order chi connectivity index (χ0) is 17.5. The quantitative estimate of drug-likeness (QED) is 0.823. The molecule has 0 bridgehead atoms. The van der Waals surface area contributed by atoms with E-state index in [-0.39, 0.29) is 19.0 Å². The van der Waals surface area contributed by atoms with Crippen LogP contribution in [0.4, 0.5) is 4.79 Å². The van der Waals surface area contributed by atoms with Crippen LogP contribution in [0.5, 0.6) is 5.75 Å². The number of nitrogens with one attached hydrogen (secondary N) is 1. The van der Waals surface area contributed by atoms with Crippen molar-refractivity contribution in [1.29, 1.82) is 0 Å². The second-order valence-electron chi connectivity index (χ2n) is 5.99. The minimum atomic E-state index is -0.917. The molecular weight excluding hydrogens is 332 g/mol. The minimum Gasteiger partial charge on any atom is -0.496 e. The van der Waals surface area contributed by atoms with Gasteiger partial charge in [0.05, 0.1) is 13.5 Å². The Kier molecular flexibility index (Phi) is 6.73. The molecule has 0 radical (unpaired) electrons. The van der Waals surface area contributed by atoms with Gasteiger partial charge in [0.2, 0.25) is 0 Å². The van der Waals surface area contributed by atoms with Gasteiger partial charge in [0.25, 0.3) is 0 Å². The molecule has 1 unspecified atom stereocenters. The van der Waals surface area contributed by atoms with Crippen LogP contribution in [-0.4, -0.2) is 48.8 Å². The zero-order valence-electron chi connectivity index (χ0n) is 13.8. The number of hydrogen-bond donors (Lipinski definition) is 2. The lowest BCUT2D eigenvalue weighted by atomic mass is 9.91. The number of likely N-dealkylation sites (tertiary alicyclic amines) is 1. The molecule has 1 aliphatic heterocycles. The van der Waals surface area contributed by atoms with Crippen molar-refractivity contribution in [3.05, 3.63) is 28.8 Å². The number of methoxy groups -OCH3 is 1. The van der Waals surface area contributed by atoms with Gasteiger partial charge >= 0.3 is 12.0 Å². The molecule has 24 heavy (non-hydrogen) atoms. The second kappa shape index (κ2) is 8.78. The maximum Gasteiger partial charge on any atom is 0.317 e. The third-order valence-electron chi connectivity index (χ3n) is 4.17. The average Bonchev–Trinajstić information content (AvgIpc) is 2.55. The fourth-order valence-corrected chi connectivity index (χ4v) is 3.22. The first-order valence-electron chi connectivity index (χ1n) is 8.06. The summed E-state index contributed by atoms with van der Waals surface area (Å²) in [5.41, 5.74) is 1.04. The smallest absolute Gasteiger partial charge is 0.317 e. The molecule has 1 atom stereocenters. The third-order valence-corrected chi connectivity index (χ3v) is 4.41. The molecule has 0 spiro atoms. The van der Waals surface area contributed by atoms with Gasteiger partial charge < -0.3 is 20.1 Å². The second-order valence-corrected chi connectivity index (χ2v) is 6.43. The lowest BCUT2D eigenvalue weighted by Gasteiger charge is -2.33. The third kappa shape index (κ3) is 5.30. The van der Waals surface area contributed by atoms with Crippen molar-refractivity contribution in [3.63, 3.8) is 0 Å². The van der Waals surface area contributed by atoms with E-state index in [9.17, 15) is 9.59 Å². The van der Waals surface area contributed by atoms with E-state index in [0.29, 0.717) is 24.0 Å². The Balaban J connectivity index is 1.92. The molecule has 1 heterocycles. The maximum atomic E-state index is 12.1. The fraction of sp³-hybridized carbons (Fsp3) is 0.529. The Morgan fingerprint density at radius 1 is 1.46 bits per heavy atom. The number of carbonyl (C=O) groups is 2. The molecule has 2 rings (SSSR count). The van der Waals surface area contributed by atoms with Crippen LogP contribution in [0.3, 0.4) is 0 Å². The fourth-order valence-electron chi connectivity index (χ4n) is 3.02. The highest BCUT2D eigenvalue weighted by atomic mass is 35.5. The summed E-state index contributed by atoms with van der Waals surface area (Å²) >= 11 is 6.08. The van der Waals surface area contributed by atoms with E-state index in [0.717, 1.165) is 30.6 Å². The van der Waals surface area contributed by atoms with Gasteiger partial charge in [0, 0.05) is 24.7 Å². The number of amides is 2. The van der Waals surface area contributed by atoms with E-state index >= 15 is 0 Å². The van der Waals surface area contributed by atoms with Crippen molar-refractivity contribution < 1.29 is 19.4 Å². The van der Waals surface area contributed by atoms with E-state index in [1.165, 1.54) is 0 Å². The monoisotopic (exact) mass is 354 g/mol. The van der Waals surface area contributed by atoms with Gasteiger partial charge in [-0.05, 0) is 48.9 Å². The lowest BCUT2D eigenvalue weighted by molar-refractivity contribution is -0.136. The summed E-state index contributed by atoms with van der Waals surface area (Å²) in [6, 6.07) is 5.37. The van der Waals surface area contributed by atoms with Crippen LogP contribution in [0.25, 0.3) is 0 Å². The maximum absolute atomic E-state index is 12.1. The number of hydrogen-bond acceptors (Lipinski definition) is 3. The Bertz CT molecular complexity index is 594. The van der Waals surface area contributed by atoms with Crippen LogP contribution in [0.15, 0.2) is 18.2 Å². The van der Waals surface area contributed by atoms with Gasteiger partial charge in [-0.1, -0.05) is 11.6 Å². The Morgan fingerprint density at radius 2 is 2.25 bits per heavy atom. The lowest BCUT2D eigenvalue weighted by Crippen LogP contribution is -2.46. The SMILES string of the molecule is COc1ccc(Cl)cc1CC1CCCN(C(=O)NCCC(=O)O)C1. The number of carboxylic acid groups (broad SMARTS) is 1. The van der Waals surface area contributed by atoms with Gasteiger partial charge in [-0.2, -0.15) is 0 Å². The van der Waals surface area contributed by atoms with Crippen LogP contribution in [-0.2, 0) is 11.2 Å². The van der Waals surface area contributed by atoms with Gasteiger partial charge in [-0.15, -0.1) is 0 Å². The van der Waals surface area contributed by atoms with Crippen LogP contribution in [0.2, 0.25) is 5.02 Å². The minimum absolute atomic E-state index is 0.0667. The largest absolute Gasteiger partial charge is 0.496 e. The summed E-state index contributed by atoms with van der Waals surface area (Å²) in [5.74, 6) is 0.221. The summed E-state index contributed by atoms with van der Waals surface area (Å²) in [4.78, 5) is 24.4. The molecule has 0 saturated carbocycles. The molecule has 2 amide bonds. The van der Waals surface area contributed by atoms with Crippen molar-refractivity contribution in [2.45, 2.75) is 25.7 Å². The van der Waals surface area contributed by atoms with Crippen LogP contribution < -0.4 is 10.1 Å².